The zero-order chi connectivity index (χ0) is 15.4. The molecular formula is C13H21N3O3S. The van der Waals surface area contributed by atoms with Gasteiger partial charge in [-0.1, -0.05) is 0 Å². The van der Waals surface area contributed by atoms with E-state index in [0.717, 1.165) is 6.26 Å². The predicted molar refractivity (Wildman–Crippen MR) is 78.3 cm³/mol. The van der Waals surface area contributed by atoms with Gasteiger partial charge in [-0.05, 0) is 32.9 Å². The van der Waals surface area contributed by atoms with Crippen molar-refractivity contribution in [3.8, 4) is 0 Å². The first kappa shape index (κ1) is 16.6. The lowest BCUT2D eigenvalue weighted by atomic mass is 10.1. The van der Waals surface area contributed by atoms with Crippen molar-refractivity contribution >= 4 is 21.4 Å². The van der Waals surface area contributed by atoms with E-state index >= 15 is 0 Å². The smallest absolute Gasteiger partial charge is 0.225 e. The summed E-state index contributed by atoms with van der Waals surface area (Å²) in [6.07, 6.45) is 2.77. The molecule has 0 spiro atoms. The second-order valence-electron chi connectivity index (χ2n) is 5.63. The molecule has 2 N–H and O–H groups in total. The van der Waals surface area contributed by atoms with Crippen molar-refractivity contribution in [2.24, 2.45) is 0 Å². The van der Waals surface area contributed by atoms with Gasteiger partial charge in [0, 0.05) is 24.8 Å². The highest BCUT2D eigenvalue weighted by atomic mass is 32.2. The Morgan fingerprint density at radius 1 is 1.30 bits per heavy atom. The van der Waals surface area contributed by atoms with Crippen LogP contribution in [0.2, 0.25) is 0 Å². The van der Waals surface area contributed by atoms with Crippen LogP contribution in [0, 0.1) is 0 Å². The maximum atomic E-state index is 11.7. The molecule has 0 bridgehead atoms. The highest BCUT2D eigenvalue weighted by molar-refractivity contribution is 7.90. The third-order valence-electron chi connectivity index (χ3n) is 2.41. The number of nitrogens with zero attached hydrogens (tertiary/aromatic N) is 1. The van der Waals surface area contributed by atoms with Gasteiger partial charge in [-0.25, -0.2) is 13.4 Å². The van der Waals surface area contributed by atoms with Crippen molar-refractivity contribution in [3.63, 3.8) is 0 Å². The Labute approximate surface area is 119 Å². The molecule has 1 heterocycles. The fourth-order valence-electron chi connectivity index (χ4n) is 1.45. The van der Waals surface area contributed by atoms with Crippen LogP contribution in [0.5, 0.6) is 0 Å². The summed E-state index contributed by atoms with van der Waals surface area (Å²) in [4.78, 5) is 15.5. The van der Waals surface area contributed by atoms with Crippen molar-refractivity contribution in [2.45, 2.75) is 37.8 Å². The fourth-order valence-corrected chi connectivity index (χ4v) is 2.01. The van der Waals surface area contributed by atoms with Crippen LogP contribution in [0.1, 0.15) is 27.2 Å². The molecule has 1 aromatic rings. The van der Waals surface area contributed by atoms with Gasteiger partial charge in [-0.3, -0.25) is 4.79 Å². The summed E-state index contributed by atoms with van der Waals surface area (Å²) in [6, 6.07) is 2.90. The molecule has 0 aliphatic heterocycles. The number of hydrogen-bond donors (Lipinski definition) is 2. The molecule has 20 heavy (non-hydrogen) atoms. The van der Waals surface area contributed by atoms with Crippen LogP contribution in [-0.2, 0) is 14.6 Å². The summed E-state index contributed by atoms with van der Waals surface area (Å²) in [5, 5.41) is 5.87. The third kappa shape index (κ3) is 6.12. The van der Waals surface area contributed by atoms with Gasteiger partial charge in [0.15, 0.2) is 14.9 Å². The van der Waals surface area contributed by atoms with E-state index in [-0.39, 0.29) is 16.5 Å². The van der Waals surface area contributed by atoms with Crippen LogP contribution in [0.25, 0.3) is 0 Å². The molecule has 0 fully saturated rings. The largest absolute Gasteiger partial charge is 0.325 e. The predicted octanol–water partition coefficient (Wildman–Crippen LogP) is 1.20. The molecular weight excluding hydrogens is 278 g/mol. The van der Waals surface area contributed by atoms with Gasteiger partial charge in [0.2, 0.25) is 5.91 Å². The quantitative estimate of drug-likeness (QED) is 0.853. The number of carbonyl (C=O) groups is 1. The Hall–Kier alpha value is -1.47. The number of pyridine rings is 1. The summed E-state index contributed by atoms with van der Waals surface area (Å²) in [7, 11) is -3.31. The molecule has 0 saturated heterocycles. The number of carbonyl (C=O) groups excluding carboxylic acids is 1. The summed E-state index contributed by atoms with van der Waals surface area (Å²) in [5.74, 6) is -0.143. The van der Waals surface area contributed by atoms with Crippen LogP contribution in [0.3, 0.4) is 0 Å². The van der Waals surface area contributed by atoms with Gasteiger partial charge in [0.25, 0.3) is 0 Å². The Bertz CT molecular complexity index is 560. The molecule has 112 valence electrons. The number of sulfone groups is 1. The first-order valence-electron chi connectivity index (χ1n) is 6.29. The minimum absolute atomic E-state index is 0.00935. The second kappa shape index (κ2) is 6.32. The first-order chi connectivity index (χ1) is 9.08. The Kier molecular flexibility index (Phi) is 5.24. The molecule has 0 aromatic carbocycles. The standard InChI is InChI=1S/C13H21N3O3S/c1-13(2,3)15-8-7-11(17)16-10-5-6-12(14-9-10)20(4,18)19/h5-6,9,15H,7-8H2,1-4H3,(H,16,17). The maximum absolute atomic E-state index is 11.7. The molecule has 0 unspecified atom stereocenters. The zero-order valence-electron chi connectivity index (χ0n) is 12.2. The van der Waals surface area contributed by atoms with Crippen LogP contribution < -0.4 is 10.6 Å². The van der Waals surface area contributed by atoms with E-state index < -0.39 is 9.84 Å². The molecule has 1 amide bonds. The minimum atomic E-state index is -3.31. The summed E-state index contributed by atoms with van der Waals surface area (Å²) in [6.45, 7) is 6.65. The number of rotatable bonds is 5. The van der Waals surface area contributed by atoms with E-state index in [1.165, 1.54) is 18.3 Å². The van der Waals surface area contributed by atoms with Gasteiger partial charge in [-0.15, -0.1) is 0 Å². The van der Waals surface area contributed by atoms with E-state index in [0.29, 0.717) is 18.7 Å². The fraction of sp³-hybridized carbons (Fsp3) is 0.538. The van der Waals surface area contributed by atoms with Crippen molar-refractivity contribution in [3.05, 3.63) is 18.3 Å². The van der Waals surface area contributed by atoms with Crippen molar-refractivity contribution in [1.82, 2.24) is 10.3 Å². The van der Waals surface area contributed by atoms with E-state index in [1.807, 2.05) is 20.8 Å². The van der Waals surface area contributed by atoms with Crippen molar-refractivity contribution < 1.29 is 13.2 Å². The van der Waals surface area contributed by atoms with E-state index in [4.69, 9.17) is 0 Å². The molecule has 7 heteroatoms. The molecule has 0 aliphatic carbocycles. The summed E-state index contributed by atoms with van der Waals surface area (Å²) >= 11 is 0. The second-order valence-corrected chi connectivity index (χ2v) is 7.59. The number of aromatic nitrogens is 1. The van der Waals surface area contributed by atoms with Crippen LogP contribution in [-0.4, -0.2) is 37.6 Å². The lowest BCUT2D eigenvalue weighted by Crippen LogP contribution is -2.37. The van der Waals surface area contributed by atoms with Crippen LogP contribution in [0.4, 0.5) is 5.69 Å². The first-order valence-corrected chi connectivity index (χ1v) is 8.18. The molecule has 1 aromatic heterocycles. The van der Waals surface area contributed by atoms with E-state index in [9.17, 15) is 13.2 Å². The molecule has 0 aliphatic rings. The van der Waals surface area contributed by atoms with E-state index in [2.05, 4.69) is 15.6 Å². The third-order valence-corrected chi connectivity index (χ3v) is 3.41. The lowest BCUT2D eigenvalue weighted by molar-refractivity contribution is -0.116. The van der Waals surface area contributed by atoms with Gasteiger partial charge >= 0.3 is 0 Å². The van der Waals surface area contributed by atoms with Crippen LogP contribution >= 0.6 is 0 Å². The molecule has 0 saturated carbocycles. The SMILES string of the molecule is CC(C)(C)NCCC(=O)Nc1ccc(S(C)(=O)=O)nc1. The molecule has 6 nitrogen and oxygen atoms in total. The highest BCUT2D eigenvalue weighted by Crippen LogP contribution is 2.10. The Morgan fingerprint density at radius 2 is 1.95 bits per heavy atom. The monoisotopic (exact) mass is 299 g/mol. The number of nitrogens with one attached hydrogen (secondary N) is 2. The van der Waals surface area contributed by atoms with Crippen molar-refractivity contribution in [2.75, 3.05) is 18.1 Å². The lowest BCUT2D eigenvalue weighted by Gasteiger charge is -2.20. The topological polar surface area (TPSA) is 88.2 Å². The summed E-state index contributed by atoms with van der Waals surface area (Å²) < 4.78 is 22.5. The maximum Gasteiger partial charge on any atom is 0.225 e. The van der Waals surface area contributed by atoms with Gasteiger partial charge in [-0.2, -0.15) is 0 Å². The average molecular weight is 299 g/mol. The number of amides is 1. The normalized spacial score (nSPS) is 12.2. The minimum Gasteiger partial charge on any atom is -0.325 e. The Morgan fingerprint density at radius 3 is 2.40 bits per heavy atom. The number of anilines is 1. The Balaban J connectivity index is 2.51. The van der Waals surface area contributed by atoms with Gasteiger partial charge in [0.05, 0.1) is 11.9 Å². The highest BCUT2D eigenvalue weighted by Gasteiger charge is 2.11. The zero-order valence-corrected chi connectivity index (χ0v) is 13.0. The van der Waals surface area contributed by atoms with Crippen molar-refractivity contribution in [1.29, 1.82) is 0 Å². The van der Waals surface area contributed by atoms with E-state index in [1.54, 1.807) is 0 Å². The molecule has 0 atom stereocenters. The van der Waals surface area contributed by atoms with Gasteiger partial charge < -0.3 is 10.6 Å². The number of hydrogen-bond acceptors (Lipinski definition) is 5. The molecule has 1 rings (SSSR count). The van der Waals surface area contributed by atoms with Gasteiger partial charge in [0.1, 0.15) is 0 Å². The van der Waals surface area contributed by atoms with Crippen LogP contribution in [0.15, 0.2) is 23.4 Å². The molecule has 0 radical (unpaired) electrons. The summed E-state index contributed by atoms with van der Waals surface area (Å²) in [5.41, 5.74) is 0.456. The average Bonchev–Trinajstić information content (AvgIpc) is 2.26.